The van der Waals surface area contributed by atoms with Crippen molar-refractivity contribution in [2.24, 2.45) is 0 Å². The van der Waals surface area contributed by atoms with Gasteiger partial charge in [0.25, 0.3) is 0 Å². The van der Waals surface area contributed by atoms with Gasteiger partial charge in [-0.15, -0.1) is 0 Å². The summed E-state index contributed by atoms with van der Waals surface area (Å²) in [5.41, 5.74) is 3.87. The fourth-order valence-corrected chi connectivity index (χ4v) is 1.41. The normalized spacial score (nSPS) is 8.32. The molecule has 0 aliphatic carbocycles. The topological polar surface area (TPSA) is 0 Å². The zero-order valence-corrected chi connectivity index (χ0v) is 17.2. The molecule has 0 amide bonds. The molecule has 0 atom stereocenters. The van der Waals surface area contributed by atoms with Crippen LogP contribution in [0.4, 0.5) is 0 Å². The Morgan fingerprint density at radius 2 is 0.636 bits per heavy atom. The summed E-state index contributed by atoms with van der Waals surface area (Å²) in [6.45, 7) is 6.19. The van der Waals surface area contributed by atoms with Crippen molar-refractivity contribution >= 4 is 0 Å². The molecule has 0 aliphatic rings. The molecule has 0 spiro atoms. The first-order chi connectivity index (χ1) is 10.2. The fourth-order valence-electron chi connectivity index (χ4n) is 1.41. The third-order valence-electron chi connectivity index (χ3n) is 2.65. The van der Waals surface area contributed by atoms with Gasteiger partial charge in [0.15, 0.2) is 0 Å². The van der Waals surface area contributed by atoms with Gasteiger partial charge in [-0.2, -0.15) is 108 Å². The minimum atomic E-state index is 0. The predicted octanol–water partition coefficient (Wildman–Crippen LogP) is 5.39. The van der Waals surface area contributed by atoms with E-state index in [4.69, 9.17) is 0 Å². The van der Waals surface area contributed by atoms with Gasteiger partial charge in [0.1, 0.15) is 0 Å². The molecular weight excluding hydrogens is 393 g/mol. The smallest absolute Gasteiger partial charge is 0.184 e. The number of benzene rings is 3. The minimum Gasteiger partial charge on any atom is -0.184 e. The van der Waals surface area contributed by atoms with Gasteiger partial charge >= 0.3 is 41.3 Å². The molecule has 0 saturated carbocycles. The first kappa shape index (κ1) is 21.0. The number of hydrogen-bond acceptors (Lipinski definition) is 0. The first-order valence-corrected chi connectivity index (χ1v) is 6.96. The van der Waals surface area contributed by atoms with E-state index >= 15 is 0 Å². The average molecular weight is 414 g/mol. The quantitative estimate of drug-likeness (QED) is 0.433. The second kappa shape index (κ2) is 13.7. The summed E-state index contributed by atoms with van der Waals surface area (Å²) in [5, 5.41) is 0. The minimum absolute atomic E-state index is 0. The Balaban J connectivity index is 0.000000294. The molecule has 3 rings (SSSR count). The van der Waals surface area contributed by atoms with Crippen molar-refractivity contribution in [2.45, 2.75) is 20.8 Å². The molecule has 22 heavy (non-hydrogen) atoms. The van der Waals surface area contributed by atoms with Crippen molar-refractivity contribution in [3.05, 3.63) is 108 Å². The maximum absolute atomic E-state index is 2.93. The van der Waals surface area contributed by atoms with Crippen LogP contribution >= 0.6 is 0 Å². The maximum Gasteiger partial charge on any atom is 3.00 e. The van der Waals surface area contributed by atoms with Crippen molar-refractivity contribution in [3.63, 3.8) is 0 Å². The van der Waals surface area contributed by atoms with E-state index in [9.17, 15) is 0 Å². The molecule has 0 saturated heterocycles. The van der Waals surface area contributed by atoms with E-state index in [1.165, 1.54) is 16.7 Å². The van der Waals surface area contributed by atoms with E-state index in [0.29, 0.717) is 0 Å². The van der Waals surface area contributed by atoms with Crippen molar-refractivity contribution in [2.75, 3.05) is 0 Å². The molecule has 108 valence electrons. The molecule has 0 aliphatic heterocycles. The van der Waals surface area contributed by atoms with Crippen molar-refractivity contribution in [1.29, 1.82) is 0 Å². The van der Waals surface area contributed by atoms with Gasteiger partial charge in [0, 0.05) is 0 Å². The van der Waals surface area contributed by atoms with Crippen LogP contribution in [-0.2, 0) is 0 Å². The Labute approximate surface area is 168 Å². The largest absolute Gasteiger partial charge is 3.00 e. The second-order valence-electron chi connectivity index (χ2n) is 4.73. The van der Waals surface area contributed by atoms with E-state index in [2.05, 4.69) is 39.0 Å². The van der Waals surface area contributed by atoms with E-state index in [1.807, 2.05) is 72.8 Å². The van der Waals surface area contributed by atoms with Crippen LogP contribution in [0.15, 0.2) is 72.8 Å². The third-order valence-corrected chi connectivity index (χ3v) is 2.65. The molecule has 0 radical (unpaired) electrons. The zero-order chi connectivity index (χ0) is 15.3. The molecule has 0 heterocycles. The van der Waals surface area contributed by atoms with Crippen LogP contribution in [0.3, 0.4) is 0 Å². The van der Waals surface area contributed by atoms with Gasteiger partial charge in [-0.1, -0.05) is 20.8 Å². The van der Waals surface area contributed by atoms with Gasteiger partial charge in [-0.3, -0.25) is 0 Å². The Morgan fingerprint density at radius 3 is 0.727 bits per heavy atom. The van der Waals surface area contributed by atoms with E-state index in [0.717, 1.165) is 0 Å². The number of rotatable bonds is 0. The Kier molecular flexibility index (Phi) is 13.1. The predicted molar refractivity (Wildman–Crippen MR) is 90.0 cm³/mol. The Morgan fingerprint density at radius 1 is 0.455 bits per heavy atom. The Hall–Kier alpha value is -0.976. The number of aryl methyl sites for hydroxylation is 3. The molecule has 3 aromatic rings. The maximum atomic E-state index is 2.93. The molecule has 1 heteroatoms. The summed E-state index contributed by atoms with van der Waals surface area (Å²) >= 11 is 0. The molecule has 0 nitrogen and oxygen atoms in total. The van der Waals surface area contributed by atoms with Crippen LogP contribution in [0.1, 0.15) is 16.7 Å². The summed E-state index contributed by atoms with van der Waals surface area (Å²) in [7, 11) is 0. The summed E-state index contributed by atoms with van der Waals surface area (Å²) in [5.74, 6) is 0. The van der Waals surface area contributed by atoms with Crippen LogP contribution < -0.4 is 0 Å². The fraction of sp³-hybridized carbons (Fsp3) is 0.143. The first-order valence-electron chi connectivity index (χ1n) is 6.96. The molecule has 0 aromatic heterocycles. The standard InChI is InChI=1S/3C7H7.Pr/c3*1-7-5-3-2-4-6-7;/h3*3-6H,1H3;/q3*-1;+3. The van der Waals surface area contributed by atoms with Crippen LogP contribution in [0.25, 0.3) is 0 Å². The van der Waals surface area contributed by atoms with Crippen LogP contribution in [0, 0.1) is 80.3 Å². The monoisotopic (exact) mass is 414 g/mol. The van der Waals surface area contributed by atoms with Gasteiger partial charge in [-0.25, -0.2) is 0 Å². The second-order valence-corrected chi connectivity index (χ2v) is 4.73. The van der Waals surface area contributed by atoms with Crippen molar-refractivity contribution in [1.82, 2.24) is 0 Å². The average Bonchev–Trinajstić information content (AvgIpc) is 2.51. The van der Waals surface area contributed by atoms with E-state index in [-0.39, 0.29) is 41.3 Å². The third kappa shape index (κ3) is 11.7. The summed E-state index contributed by atoms with van der Waals surface area (Å²) in [6, 6.07) is 32.4. The van der Waals surface area contributed by atoms with Crippen LogP contribution in [0.2, 0.25) is 0 Å². The van der Waals surface area contributed by atoms with Crippen molar-refractivity contribution in [3.8, 4) is 0 Å². The molecule has 0 unspecified atom stereocenters. The summed E-state index contributed by atoms with van der Waals surface area (Å²) in [4.78, 5) is 0. The molecule has 0 N–H and O–H groups in total. The van der Waals surface area contributed by atoms with Gasteiger partial charge in [0.2, 0.25) is 0 Å². The van der Waals surface area contributed by atoms with Crippen LogP contribution in [-0.4, -0.2) is 0 Å². The van der Waals surface area contributed by atoms with Gasteiger partial charge in [0.05, 0.1) is 0 Å². The molecule has 0 bridgehead atoms. The molecular formula is C21H21Pr. The van der Waals surface area contributed by atoms with E-state index < -0.39 is 0 Å². The zero-order valence-electron chi connectivity index (χ0n) is 13.5. The molecule has 0 fully saturated rings. The van der Waals surface area contributed by atoms with Crippen molar-refractivity contribution < 1.29 is 41.3 Å². The van der Waals surface area contributed by atoms with Crippen LogP contribution in [0.5, 0.6) is 0 Å². The van der Waals surface area contributed by atoms with Gasteiger partial charge < -0.3 is 0 Å². The summed E-state index contributed by atoms with van der Waals surface area (Å²) in [6.07, 6.45) is 0. The molecule has 3 aromatic carbocycles. The summed E-state index contributed by atoms with van der Waals surface area (Å²) < 4.78 is 0. The van der Waals surface area contributed by atoms with Gasteiger partial charge in [-0.05, 0) is 0 Å². The van der Waals surface area contributed by atoms with E-state index in [1.54, 1.807) is 0 Å². The number of hydrogen-bond donors (Lipinski definition) is 0. The Bertz CT molecular complexity index is 485. The SMILES string of the molecule is Cc1cc[c-]cc1.Cc1cc[c-]cc1.Cc1cc[c-]cc1.[Pr+3].